The fraction of sp³-hybridized carbons (Fsp3) is 0.917. The van der Waals surface area contributed by atoms with E-state index in [4.69, 9.17) is 9.47 Å². The summed E-state index contributed by atoms with van der Waals surface area (Å²) in [4.78, 5) is 13.1. The summed E-state index contributed by atoms with van der Waals surface area (Å²) in [6.45, 7) is 11.6. The second-order valence-corrected chi connectivity index (χ2v) is 5.37. The van der Waals surface area contributed by atoms with Crippen LogP contribution in [-0.2, 0) is 9.47 Å². The molecule has 96 valence electrons. The van der Waals surface area contributed by atoms with E-state index in [0.717, 1.165) is 6.61 Å². The van der Waals surface area contributed by atoms with Gasteiger partial charge in [-0.2, -0.15) is 0 Å². The van der Waals surface area contributed by atoms with Crippen LogP contribution in [0.4, 0.5) is 4.79 Å². The summed E-state index contributed by atoms with van der Waals surface area (Å²) in [7, 11) is 1.72. The van der Waals surface area contributed by atoms with Gasteiger partial charge < -0.3 is 14.4 Å². The lowest BCUT2D eigenvalue weighted by molar-refractivity contribution is 0.0217. The van der Waals surface area contributed by atoms with Crippen molar-refractivity contribution in [3.05, 3.63) is 0 Å². The molecule has 0 N–H and O–H groups in total. The predicted molar refractivity (Wildman–Crippen MR) is 64.5 cm³/mol. The fourth-order valence-corrected chi connectivity index (χ4v) is 0.952. The van der Waals surface area contributed by atoms with Gasteiger partial charge in [0.05, 0.1) is 6.61 Å². The van der Waals surface area contributed by atoms with Gasteiger partial charge in [0.15, 0.2) is 0 Å². The Morgan fingerprint density at radius 1 is 1.31 bits per heavy atom. The summed E-state index contributed by atoms with van der Waals surface area (Å²) in [6, 6.07) is 0. The van der Waals surface area contributed by atoms with E-state index in [1.165, 1.54) is 4.90 Å². The lowest BCUT2D eigenvalue weighted by atomic mass is 10.2. The summed E-state index contributed by atoms with van der Waals surface area (Å²) in [6.07, 6.45) is -0.305. The summed E-state index contributed by atoms with van der Waals surface area (Å²) in [5.41, 5.74) is -0.440. The minimum atomic E-state index is -0.440. The van der Waals surface area contributed by atoms with Gasteiger partial charge in [-0.1, -0.05) is 13.8 Å². The molecule has 0 atom stereocenters. The van der Waals surface area contributed by atoms with Crippen molar-refractivity contribution in [2.75, 3.05) is 26.8 Å². The van der Waals surface area contributed by atoms with E-state index in [0.29, 0.717) is 19.1 Å². The number of hydrogen-bond acceptors (Lipinski definition) is 3. The van der Waals surface area contributed by atoms with Gasteiger partial charge in [-0.05, 0) is 26.7 Å². The zero-order chi connectivity index (χ0) is 12.8. The predicted octanol–water partition coefficient (Wildman–Crippen LogP) is 2.53. The van der Waals surface area contributed by atoms with Crippen molar-refractivity contribution in [1.82, 2.24) is 4.90 Å². The van der Waals surface area contributed by atoms with Crippen LogP contribution in [0.3, 0.4) is 0 Å². The normalized spacial score (nSPS) is 11.7. The molecule has 4 heteroatoms. The molecule has 4 nitrogen and oxygen atoms in total. The molecular weight excluding hydrogens is 206 g/mol. The fourth-order valence-electron chi connectivity index (χ4n) is 0.952. The largest absolute Gasteiger partial charge is 0.444 e. The van der Waals surface area contributed by atoms with Crippen molar-refractivity contribution < 1.29 is 14.3 Å². The number of carbonyl (C=O) groups excluding carboxylic acids is 1. The summed E-state index contributed by atoms with van der Waals surface area (Å²) < 4.78 is 10.6. The van der Waals surface area contributed by atoms with Crippen LogP contribution in [0.1, 0.15) is 34.6 Å². The molecule has 0 fully saturated rings. The number of hydrogen-bond donors (Lipinski definition) is 0. The third kappa shape index (κ3) is 8.53. The van der Waals surface area contributed by atoms with E-state index in [2.05, 4.69) is 13.8 Å². The summed E-state index contributed by atoms with van der Waals surface area (Å²) >= 11 is 0. The number of nitrogens with zero attached hydrogens (tertiary/aromatic N) is 1. The first-order chi connectivity index (χ1) is 7.22. The van der Waals surface area contributed by atoms with Crippen LogP contribution in [0, 0.1) is 5.92 Å². The molecule has 0 saturated carbocycles. The van der Waals surface area contributed by atoms with Crippen molar-refractivity contribution in [3.8, 4) is 0 Å². The Bertz CT molecular complexity index is 209. The first-order valence-electron chi connectivity index (χ1n) is 5.74. The van der Waals surface area contributed by atoms with Gasteiger partial charge in [0, 0.05) is 20.2 Å². The van der Waals surface area contributed by atoms with Gasteiger partial charge in [0.2, 0.25) is 0 Å². The molecule has 0 spiro atoms. The first-order valence-corrected chi connectivity index (χ1v) is 5.74. The average molecular weight is 231 g/mol. The van der Waals surface area contributed by atoms with Gasteiger partial charge in [0.1, 0.15) is 5.60 Å². The lowest BCUT2D eigenvalue weighted by Crippen LogP contribution is -2.36. The second-order valence-electron chi connectivity index (χ2n) is 5.37. The number of amides is 1. The number of ether oxygens (including phenoxy) is 2. The molecule has 0 bridgehead atoms. The molecule has 1 amide bonds. The zero-order valence-electron chi connectivity index (χ0n) is 11.4. The Hall–Kier alpha value is -0.770. The van der Waals surface area contributed by atoms with Crippen LogP contribution in [0.5, 0.6) is 0 Å². The monoisotopic (exact) mass is 231 g/mol. The molecule has 0 radical (unpaired) electrons. The Balaban J connectivity index is 3.72. The lowest BCUT2D eigenvalue weighted by Gasteiger charge is -2.24. The Morgan fingerprint density at radius 2 is 1.88 bits per heavy atom. The average Bonchev–Trinajstić information content (AvgIpc) is 2.08. The second kappa shape index (κ2) is 6.74. The van der Waals surface area contributed by atoms with E-state index < -0.39 is 5.60 Å². The maximum atomic E-state index is 11.5. The molecular formula is C12H25NO3. The number of rotatable bonds is 5. The van der Waals surface area contributed by atoms with E-state index >= 15 is 0 Å². The van der Waals surface area contributed by atoms with Gasteiger partial charge in [-0.3, -0.25) is 0 Å². The molecule has 0 aromatic heterocycles. The van der Waals surface area contributed by atoms with Crippen molar-refractivity contribution in [3.63, 3.8) is 0 Å². The minimum absolute atomic E-state index is 0.305. The molecule has 0 aromatic carbocycles. The van der Waals surface area contributed by atoms with Crippen LogP contribution >= 0.6 is 0 Å². The van der Waals surface area contributed by atoms with Crippen molar-refractivity contribution in [1.29, 1.82) is 0 Å². The zero-order valence-corrected chi connectivity index (χ0v) is 11.4. The number of likely N-dealkylation sites (N-methyl/N-ethyl adjacent to an activating group) is 1. The highest BCUT2D eigenvalue weighted by atomic mass is 16.6. The van der Waals surface area contributed by atoms with Gasteiger partial charge >= 0.3 is 6.09 Å². The van der Waals surface area contributed by atoms with E-state index in [1.54, 1.807) is 7.05 Å². The van der Waals surface area contributed by atoms with Crippen LogP contribution in [0.2, 0.25) is 0 Å². The third-order valence-electron chi connectivity index (χ3n) is 1.73. The smallest absolute Gasteiger partial charge is 0.410 e. The van der Waals surface area contributed by atoms with E-state index in [9.17, 15) is 4.79 Å². The standard InChI is InChI=1S/C12H25NO3/c1-10(2)9-15-8-7-13(6)11(14)16-12(3,4)5/h10H,7-9H2,1-6H3. The topological polar surface area (TPSA) is 38.8 Å². The Morgan fingerprint density at radius 3 is 2.31 bits per heavy atom. The van der Waals surface area contributed by atoms with Crippen molar-refractivity contribution in [2.45, 2.75) is 40.2 Å². The van der Waals surface area contributed by atoms with Crippen LogP contribution in [-0.4, -0.2) is 43.4 Å². The Kier molecular flexibility index (Phi) is 6.41. The van der Waals surface area contributed by atoms with Crippen LogP contribution < -0.4 is 0 Å². The van der Waals surface area contributed by atoms with Crippen molar-refractivity contribution >= 4 is 6.09 Å². The molecule has 0 unspecified atom stereocenters. The van der Waals surface area contributed by atoms with Gasteiger partial charge in [-0.15, -0.1) is 0 Å². The minimum Gasteiger partial charge on any atom is -0.444 e. The first kappa shape index (κ1) is 15.2. The maximum absolute atomic E-state index is 11.5. The summed E-state index contributed by atoms with van der Waals surface area (Å²) in [5, 5.41) is 0. The number of carbonyl (C=O) groups is 1. The van der Waals surface area contributed by atoms with E-state index in [-0.39, 0.29) is 6.09 Å². The molecule has 16 heavy (non-hydrogen) atoms. The molecule has 0 aliphatic carbocycles. The quantitative estimate of drug-likeness (QED) is 0.682. The molecule has 0 rings (SSSR count). The SMILES string of the molecule is CC(C)COCCN(C)C(=O)OC(C)(C)C. The molecule has 0 heterocycles. The molecule has 0 aliphatic heterocycles. The Labute approximate surface area is 98.9 Å². The van der Waals surface area contributed by atoms with E-state index in [1.807, 2.05) is 20.8 Å². The highest BCUT2D eigenvalue weighted by Crippen LogP contribution is 2.08. The van der Waals surface area contributed by atoms with Gasteiger partial charge in [0.25, 0.3) is 0 Å². The highest BCUT2D eigenvalue weighted by molar-refractivity contribution is 5.67. The molecule has 0 saturated heterocycles. The molecule has 0 aliphatic rings. The maximum Gasteiger partial charge on any atom is 0.410 e. The van der Waals surface area contributed by atoms with Crippen LogP contribution in [0.15, 0.2) is 0 Å². The summed E-state index contributed by atoms with van der Waals surface area (Å²) in [5.74, 6) is 0.520. The molecule has 0 aromatic rings. The third-order valence-corrected chi connectivity index (χ3v) is 1.73. The van der Waals surface area contributed by atoms with Gasteiger partial charge in [-0.25, -0.2) is 4.79 Å². The highest BCUT2D eigenvalue weighted by Gasteiger charge is 2.19. The van der Waals surface area contributed by atoms with Crippen LogP contribution in [0.25, 0.3) is 0 Å². The van der Waals surface area contributed by atoms with Crippen molar-refractivity contribution in [2.24, 2.45) is 5.92 Å².